The van der Waals surface area contributed by atoms with E-state index in [2.05, 4.69) is 0 Å². The molecule has 0 aromatic carbocycles. The number of likely N-dealkylation sites (tertiary alicyclic amines) is 1. The first-order valence-electron chi connectivity index (χ1n) is 3.46. The molecular weight excluding hydrogens is 146 g/mol. The summed E-state index contributed by atoms with van der Waals surface area (Å²) in [6, 6.07) is -0.382. The SMILES string of the molecule is N=C(N)[C@@H]1CCCN1C(=O)O. The van der Waals surface area contributed by atoms with Crippen molar-refractivity contribution in [3.63, 3.8) is 0 Å². The Bertz CT molecular complexity index is 172. The molecule has 1 aliphatic rings. The van der Waals surface area contributed by atoms with Crippen LogP contribution < -0.4 is 5.73 Å². The Morgan fingerprint density at radius 1 is 1.73 bits per heavy atom. The molecule has 62 valence electrons. The second kappa shape index (κ2) is 2.77. The normalized spacial score (nSPS) is 23.6. The lowest BCUT2D eigenvalue weighted by Crippen LogP contribution is -2.42. The molecule has 0 radical (unpaired) electrons. The van der Waals surface area contributed by atoms with Crippen LogP contribution in [-0.4, -0.2) is 34.5 Å². The van der Waals surface area contributed by atoms with E-state index in [1.165, 1.54) is 4.90 Å². The molecular formula is C6H11N3O2. The average molecular weight is 157 g/mol. The van der Waals surface area contributed by atoms with Gasteiger partial charge in [0.15, 0.2) is 0 Å². The van der Waals surface area contributed by atoms with E-state index in [-0.39, 0.29) is 11.9 Å². The standard InChI is InChI=1S/C6H11N3O2/c7-5(8)4-2-1-3-9(4)6(10)11/h4H,1-3H2,(H3,7,8)(H,10,11)/t4-/m0/s1. The third-order valence-corrected chi connectivity index (χ3v) is 1.86. The van der Waals surface area contributed by atoms with Crippen LogP contribution in [0, 0.1) is 5.41 Å². The molecule has 1 heterocycles. The first kappa shape index (κ1) is 7.84. The fourth-order valence-corrected chi connectivity index (χ4v) is 1.32. The fourth-order valence-electron chi connectivity index (χ4n) is 1.32. The Labute approximate surface area is 64.3 Å². The maximum absolute atomic E-state index is 10.5. The van der Waals surface area contributed by atoms with E-state index in [1.807, 2.05) is 0 Å². The summed E-state index contributed by atoms with van der Waals surface area (Å²) in [5.41, 5.74) is 5.20. The van der Waals surface area contributed by atoms with Gasteiger partial charge in [-0.2, -0.15) is 0 Å². The quantitative estimate of drug-likeness (QED) is 0.371. The summed E-state index contributed by atoms with van der Waals surface area (Å²) < 4.78 is 0. The lowest BCUT2D eigenvalue weighted by Gasteiger charge is -2.19. The molecule has 1 atom stereocenters. The number of nitrogens with two attached hydrogens (primary N) is 1. The lowest BCUT2D eigenvalue weighted by atomic mass is 10.2. The Morgan fingerprint density at radius 2 is 2.36 bits per heavy atom. The first-order valence-corrected chi connectivity index (χ1v) is 3.46. The molecule has 0 aromatic heterocycles. The van der Waals surface area contributed by atoms with Gasteiger partial charge >= 0.3 is 6.09 Å². The van der Waals surface area contributed by atoms with Crippen LogP contribution in [0.3, 0.4) is 0 Å². The number of nitrogens with one attached hydrogen (secondary N) is 1. The molecule has 11 heavy (non-hydrogen) atoms. The number of hydrogen-bond acceptors (Lipinski definition) is 2. The van der Waals surface area contributed by atoms with Crippen LogP contribution in [0.15, 0.2) is 0 Å². The highest BCUT2D eigenvalue weighted by Crippen LogP contribution is 2.16. The van der Waals surface area contributed by atoms with Gasteiger partial charge in [-0.05, 0) is 12.8 Å². The molecule has 1 saturated heterocycles. The summed E-state index contributed by atoms with van der Waals surface area (Å²) in [5, 5.41) is 15.7. The van der Waals surface area contributed by atoms with Crippen LogP contribution in [-0.2, 0) is 0 Å². The van der Waals surface area contributed by atoms with Crippen molar-refractivity contribution < 1.29 is 9.90 Å². The summed E-state index contributed by atoms with van der Waals surface area (Å²) in [6.07, 6.45) is 0.501. The van der Waals surface area contributed by atoms with Crippen LogP contribution in [0.1, 0.15) is 12.8 Å². The van der Waals surface area contributed by atoms with Gasteiger partial charge in [-0.1, -0.05) is 0 Å². The molecule has 5 heteroatoms. The molecule has 1 fully saturated rings. The van der Waals surface area contributed by atoms with Crippen molar-refractivity contribution in [1.82, 2.24) is 4.90 Å². The van der Waals surface area contributed by atoms with E-state index in [9.17, 15) is 4.79 Å². The number of amidine groups is 1. The maximum Gasteiger partial charge on any atom is 0.407 e. The Morgan fingerprint density at radius 3 is 2.73 bits per heavy atom. The summed E-state index contributed by atoms with van der Waals surface area (Å²) in [5.74, 6) is -0.0510. The van der Waals surface area contributed by atoms with E-state index in [0.717, 1.165) is 6.42 Å². The van der Waals surface area contributed by atoms with Gasteiger partial charge in [0.05, 0.1) is 6.04 Å². The molecule has 1 aliphatic heterocycles. The van der Waals surface area contributed by atoms with Gasteiger partial charge in [-0.15, -0.1) is 0 Å². The monoisotopic (exact) mass is 157 g/mol. The zero-order valence-corrected chi connectivity index (χ0v) is 6.08. The smallest absolute Gasteiger partial charge is 0.407 e. The van der Waals surface area contributed by atoms with Gasteiger partial charge in [0.2, 0.25) is 0 Å². The van der Waals surface area contributed by atoms with Gasteiger partial charge in [-0.25, -0.2) is 4.79 Å². The van der Waals surface area contributed by atoms with E-state index < -0.39 is 6.09 Å². The van der Waals surface area contributed by atoms with E-state index in [4.69, 9.17) is 16.2 Å². The number of carbonyl (C=O) groups is 1. The lowest BCUT2D eigenvalue weighted by molar-refractivity contribution is 0.149. The topological polar surface area (TPSA) is 90.4 Å². The van der Waals surface area contributed by atoms with Gasteiger partial charge < -0.3 is 10.8 Å². The largest absolute Gasteiger partial charge is 0.465 e. The van der Waals surface area contributed by atoms with Crippen molar-refractivity contribution >= 4 is 11.9 Å². The zero-order chi connectivity index (χ0) is 8.43. The van der Waals surface area contributed by atoms with E-state index >= 15 is 0 Å². The van der Waals surface area contributed by atoms with Gasteiger partial charge in [-0.3, -0.25) is 10.3 Å². The molecule has 0 aliphatic carbocycles. The molecule has 1 rings (SSSR count). The number of hydrogen-bond donors (Lipinski definition) is 3. The predicted octanol–water partition coefficient (Wildman–Crippen LogP) is 0.0648. The van der Waals surface area contributed by atoms with Crippen LogP contribution >= 0.6 is 0 Å². The Hall–Kier alpha value is -1.26. The zero-order valence-electron chi connectivity index (χ0n) is 6.08. The summed E-state index contributed by atoms with van der Waals surface area (Å²) in [4.78, 5) is 11.7. The van der Waals surface area contributed by atoms with Crippen LogP contribution in [0.5, 0.6) is 0 Å². The van der Waals surface area contributed by atoms with Crippen LogP contribution in [0.2, 0.25) is 0 Å². The van der Waals surface area contributed by atoms with Crippen molar-refractivity contribution in [2.24, 2.45) is 5.73 Å². The van der Waals surface area contributed by atoms with Gasteiger partial charge in [0.25, 0.3) is 0 Å². The fraction of sp³-hybridized carbons (Fsp3) is 0.667. The van der Waals surface area contributed by atoms with Gasteiger partial charge in [0, 0.05) is 6.54 Å². The summed E-state index contributed by atoms with van der Waals surface area (Å²) in [7, 11) is 0. The highest BCUT2D eigenvalue weighted by molar-refractivity contribution is 5.86. The number of amides is 1. The molecule has 0 aromatic rings. The third-order valence-electron chi connectivity index (χ3n) is 1.86. The molecule has 5 nitrogen and oxygen atoms in total. The molecule has 4 N–H and O–H groups in total. The highest BCUT2D eigenvalue weighted by Gasteiger charge is 2.30. The van der Waals surface area contributed by atoms with E-state index in [1.54, 1.807) is 0 Å². The minimum Gasteiger partial charge on any atom is -0.465 e. The van der Waals surface area contributed by atoms with E-state index in [0.29, 0.717) is 13.0 Å². The minimum atomic E-state index is -0.984. The predicted molar refractivity (Wildman–Crippen MR) is 39.7 cm³/mol. The summed E-state index contributed by atoms with van der Waals surface area (Å²) >= 11 is 0. The third kappa shape index (κ3) is 1.42. The second-order valence-corrected chi connectivity index (χ2v) is 2.59. The van der Waals surface area contributed by atoms with Crippen LogP contribution in [0.25, 0.3) is 0 Å². The molecule has 0 unspecified atom stereocenters. The van der Waals surface area contributed by atoms with Crippen molar-refractivity contribution in [2.45, 2.75) is 18.9 Å². The van der Waals surface area contributed by atoms with Crippen molar-refractivity contribution in [1.29, 1.82) is 5.41 Å². The second-order valence-electron chi connectivity index (χ2n) is 2.59. The Balaban J connectivity index is 2.65. The molecule has 0 saturated carbocycles. The first-order chi connectivity index (χ1) is 5.13. The number of nitrogens with zero attached hydrogens (tertiary/aromatic N) is 1. The highest BCUT2D eigenvalue weighted by atomic mass is 16.4. The minimum absolute atomic E-state index is 0.0510. The number of carboxylic acid groups (broad SMARTS) is 1. The molecule has 1 amide bonds. The summed E-state index contributed by atoms with van der Waals surface area (Å²) in [6.45, 7) is 0.500. The molecule has 0 bridgehead atoms. The van der Waals surface area contributed by atoms with Crippen LogP contribution in [0.4, 0.5) is 4.79 Å². The van der Waals surface area contributed by atoms with Crippen molar-refractivity contribution in [2.75, 3.05) is 6.54 Å². The maximum atomic E-state index is 10.5. The van der Waals surface area contributed by atoms with Gasteiger partial charge in [0.1, 0.15) is 5.84 Å². The Kier molecular flexibility index (Phi) is 1.98. The number of rotatable bonds is 1. The average Bonchev–Trinajstić information content (AvgIpc) is 2.32. The molecule has 0 spiro atoms. The van der Waals surface area contributed by atoms with Crippen molar-refractivity contribution in [3.05, 3.63) is 0 Å². The van der Waals surface area contributed by atoms with Crippen molar-refractivity contribution in [3.8, 4) is 0 Å².